The second-order valence-corrected chi connectivity index (χ2v) is 6.56. The van der Waals surface area contributed by atoms with Crippen LogP contribution in [0.5, 0.6) is 0 Å². The van der Waals surface area contributed by atoms with Crippen LogP contribution in [0, 0.1) is 13.8 Å². The zero-order valence-corrected chi connectivity index (χ0v) is 14.2. The van der Waals surface area contributed by atoms with Crippen LogP contribution >= 0.6 is 0 Å². The van der Waals surface area contributed by atoms with Gasteiger partial charge in [0.1, 0.15) is 5.82 Å². The number of aromatic nitrogens is 2. The second-order valence-electron chi connectivity index (χ2n) is 6.56. The van der Waals surface area contributed by atoms with E-state index < -0.39 is 0 Å². The van der Waals surface area contributed by atoms with Gasteiger partial charge in [0.2, 0.25) is 0 Å². The molecule has 118 valence electrons. The quantitative estimate of drug-likeness (QED) is 0.824. The predicted molar refractivity (Wildman–Crippen MR) is 88.9 cm³/mol. The highest BCUT2D eigenvalue weighted by molar-refractivity contribution is 5.29. The van der Waals surface area contributed by atoms with Crippen molar-refractivity contribution in [3.63, 3.8) is 0 Å². The monoisotopic (exact) mass is 289 g/mol. The predicted octanol–water partition coefficient (Wildman–Crippen LogP) is 4.24. The molecule has 0 spiro atoms. The fourth-order valence-corrected chi connectivity index (χ4v) is 3.65. The van der Waals surface area contributed by atoms with Crippen LogP contribution in [0.4, 0.5) is 0 Å². The smallest absolute Gasteiger partial charge is 0.131 e. The van der Waals surface area contributed by atoms with Gasteiger partial charge in [0.25, 0.3) is 0 Å². The zero-order chi connectivity index (χ0) is 15.2. The molecule has 1 aliphatic carbocycles. The molecule has 21 heavy (non-hydrogen) atoms. The first-order valence-electron chi connectivity index (χ1n) is 8.69. The highest BCUT2D eigenvalue weighted by Gasteiger charge is 2.20. The summed E-state index contributed by atoms with van der Waals surface area (Å²) in [6.45, 7) is 10.8. The SMILES string of the molecule is CCNCC(C)c1c(C)nc(C2CCCCCC2)nc1C. The van der Waals surface area contributed by atoms with E-state index in [1.807, 2.05) is 0 Å². The Morgan fingerprint density at radius 3 is 2.14 bits per heavy atom. The van der Waals surface area contributed by atoms with E-state index in [0.29, 0.717) is 11.8 Å². The number of nitrogens with zero attached hydrogens (tertiary/aromatic N) is 2. The Labute approximate surface area is 130 Å². The molecular weight excluding hydrogens is 258 g/mol. The minimum absolute atomic E-state index is 0.480. The molecule has 3 nitrogen and oxygen atoms in total. The molecule has 0 radical (unpaired) electrons. The molecule has 1 N–H and O–H groups in total. The van der Waals surface area contributed by atoms with Crippen LogP contribution in [0.2, 0.25) is 0 Å². The first-order chi connectivity index (χ1) is 10.1. The Hall–Kier alpha value is -0.960. The van der Waals surface area contributed by atoms with Gasteiger partial charge in [0, 0.05) is 23.9 Å². The van der Waals surface area contributed by atoms with Gasteiger partial charge in [-0.15, -0.1) is 0 Å². The molecule has 1 heterocycles. The van der Waals surface area contributed by atoms with Crippen LogP contribution in [0.1, 0.15) is 87.0 Å². The molecule has 1 fully saturated rings. The lowest BCUT2D eigenvalue weighted by molar-refractivity contribution is 0.551. The highest BCUT2D eigenvalue weighted by atomic mass is 14.9. The summed E-state index contributed by atoms with van der Waals surface area (Å²) in [6.07, 6.45) is 7.98. The molecule has 0 aromatic carbocycles. The van der Waals surface area contributed by atoms with Gasteiger partial charge in [-0.1, -0.05) is 39.5 Å². The summed E-state index contributed by atoms with van der Waals surface area (Å²) in [7, 11) is 0. The number of hydrogen-bond acceptors (Lipinski definition) is 3. The molecule has 1 saturated carbocycles. The first kappa shape index (κ1) is 16.4. The van der Waals surface area contributed by atoms with Gasteiger partial charge >= 0.3 is 0 Å². The molecule has 2 rings (SSSR count). The lowest BCUT2D eigenvalue weighted by Gasteiger charge is -2.20. The van der Waals surface area contributed by atoms with E-state index in [9.17, 15) is 0 Å². The van der Waals surface area contributed by atoms with Crippen LogP contribution in [0.25, 0.3) is 0 Å². The maximum Gasteiger partial charge on any atom is 0.131 e. The Balaban J connectivity index is 2.19. The van der Waals surface area contributed by atoms with Gasteiger partial charge in [0.05, 0.1) is 0 Å². The fraction of sp³-hybridized carbons (Fsp3) is 0.778. The van der Waals surface area contributed by atoms with Gasteiger partial charge in [-0.3, -0.25) is 0 Å². The number of rotatable bonds is 5. The Kier molecular flexibility index (Phi) is 6.16. The molecule has 1 aliphatic rings. The molecular formula is C18H31N3. The summed E-state index contributed by atoms with van der Waals surface area (Å²) < 4.78 is 0. The third kappa shape index (κ3) is 4.26. The van der Waals surface area contributed by atoms with Gasteiger partial charge in [0.15, 0.2) is 0 Å². The van der Waals surface area contributed by atoms with Crippen LogP contribution < -0.4 is 5.32 Å². The van der Waals surface area contributed by atoms with Gasteiger partial charge in [-0.2, -0.15) is 0 Å². The van der Waals surface area contributed by atoms with Gasteiger partial charge in [-0.25, -0.2) is 9.97 Å². The van der Waals surface area contributed by atoms with E-state index in [1.165, 1.54) is 55.5 Å². The molecule has 0 amide bonds. The van der Waals surface area contributed by atoms with Crippen molar-refractivity contribution in [1.29, 1.82) is 0 Å². The van der Waals surface area contributed by atoms with E-state index in [0.717, 1.165) is 18.9 Å². The Bertz CT molecular complexity index is 425. The number of hydrogen-bond donors (Lipinski definition) is 1. The first-order valence-corrected chi connectivity index (χ1v) is 8.69. The van der Waals surface area contributed by atoms with Crippen LogP contribution in [-0.2, 0) is 0 Å². The number of aryl methyl sites for hydroxylation is 2. The molecule has 3 heteroatoms. The van der Waals surface area contributed by atoms with Crippen LogP contribution in [-0.4, -0.2) is 23.1 Å². The Morgan fingerprint density at radius 1 is 1.05 bits per heavy atom. The molecule has 1 aromatic rings. The van der Waals surface area contributed by atoms with Crippen molar-refractivity contribution >= 4 is 0 Å². The van der Waals surface area contributed by atoms with Crippen molar-refractivity contribution in [2.45, 2.75) is 78.1 Å². The highest BCUT2D eigenvalue weighted by Crippen LogP contribution is 2.31. The molecule has 1 unspecified atom stereocenters. The summed E-state index contributed by atoms with van der Waals surface area (Å²) in [4.78, 5) is 9.78. The summed E-state index contributed by atoms with van der Waals surface area (Å²) in [5.74, 6) is 2.17. The van der Waals surface area contributed by atoms with E-state index in [-0.39, 0.29) is 0 Å². The molecule has 0 bridgehead atoms. The van der Waals surface area contributed by atoms with E-state index in [1.54, 1.807) is 0 Å². The van der Waals surface area contributed by atoms with Crippen molar-refractivity contribution in [3.05, 3.63) is 22.8 Å². The summed E-state index contributed by atoms with van der Waals surface area (Å²) >= 11 is 0. The normalized spacial score (nSPS) is 18.5. The molecule has 1 aromatic heterocycles. The molecule has 0 saturated heterocycles. The third-order valence-corrected chi connectivity index (χ3v) is 4.76. The second kappa shape index (κ2) is 7.88. The lowest BCUT2D eigenvalue weighted by Crippen LogP contribution is -2.21. The van der Waals surface area contributed by atoms with Crippen molar-refractivity contribution in [1.82, 2.24) is 15.3 Å². The average molecular weight is 289 g/mol. The topological polar surface area (TPSA) is 37.8 Å². The maximum atomic E-state index is 4.89. The van der Waals surface area contributed by atoms with Crippen molar-refractivity contribution in [2.24, 2.45) is 0 Å². The maximum absolute atomic E-state index is 4.89. The standard InChI is InChI=1S/C18H31N3/c1-5-19-12-13(2)17-14(3)20-18(21-15(17)4)16-10-8-6-7-9-11-16/h13,16,19H,5-12H2,1-4H3. The van der Waals surface area contributed by atoms with Crippen LogP contribution in [0.15, 0.2) is 0 Å². The lowest BCUT2D eigenvalue weighted by atomic mass is 9.95. The summed E-state index contributed by atoms with van der Waals surface area (Å²) in [6, 6.07) is 0. The average Bonchev–Trinajstić information content (AvgIpc) is 2.73. The minimum Gasteiger partial charge on any atom is -0.316 e. The molecule has 1 atom stereocenters. The third-order valence-electron chi connectivity index (χ3n) is 4.76. The number of likely N-dealkylation sites (N-methyl/N-ethyl adjacent to an activating group) is 1. The van der Waals surface area contributed by atoms with E-state index in [2.05, 4.69) is 33.0 Å². The van der Waals surface area contributed by atoms with E-state index in [4.69, 9.17) is 9.97 Å². The van der Waals surface area contributed by atoms with Gasteiger partial charge < -0.3 is 5.32 Å². The largest absolute Gasteiger partial charge is 0.316 e. The Morgan fingerprint density at radius 2 is 1.62 bits per heavy atom. The summed E-state index contributed by atoms with van der Waals surface area (Å²) in [5.41, 5.74) is 3.72. The van der Waals surface area contributed by atoms with E-state index >= 15 is 0 Å². The van der Waals surface area contributed by atoms with Crippen molar-refractivity contribution in [3.8, 4) is 0 Å². The van der Waals surface area contributed by atoms with Gasteiger partial charge in [-0.05, 0) is 44.7 Å². The van der Waals surface area contributed by atoms with Crippen LogP contribution in [0.3, 0.4) is 0 Å². The fourth-order valence-electron chi connectivity index (χ4n) is 3.65. The minimum atomic E-state index is 0.480. The zero-order valence-electron chi connectivity index (χ0n) is 14.2. The van der Waals surface area contributed by atoms with Crippen molar-refractivity contribution < 1.29 is 0 Å². The molecule has 0 aliphatic heterocycles. The number of nitrogens with one attached hydrogen (secondary N) is 1. The van der Waals surface area contributed by atoms with Crippen molar-refractivity contribution in [2.75, 3.05) is 13.1 Å². The summed E-state index contributed by atoms with van der Waals surface area (Å²) in [5, 5.41) is 3.43.